The van der Waals surface area contributed by atoms with Gasteiger partial charge in [0.05, 0.1) is 10.6 Å². The molecule has 0 aliphatic carbocycles. The highest BCUT2D eigenvalue weighted by molar-refractivity contribution is 7.99. The minimum absolute atomic E-state index is 0.536. The summed E-state index contributed by atoms with van der Waals surface area (Å²) in [5.74, 6) is 1.46. The number of aromatic nitrogens is 1. The molecule has 1 aromatic heterocycles. The summed E-state index contributed by atoms with van der Waals surface area (Å²) in [6, 6.07) is 10.2. The van der Waals surface area contributed by atoms with E-state index in [1.807, 2.05) is 6.07 Å². The van der Waals surface area contributed by atoms with Crippen molar-refractivity contribution in [2.24, 2.45) is 0 Å². The first-order valence-electron chi connectivity index (χ1n) is 4.95. The van der Waals surface area contributed by atoms with Gasteiger partial charge in [0.2, 0.25) is 0 Å². The lowest BCUT2D eigenvalue weighted by Crippen LogP contribution is -2.01. The molecule has 0 unspecified atom stereocenters. The van der Waals surface area contributed by atoms with Crippen molar-refractivity contribution < 1.29 is 0 Å². The molecule has 4 heteroatoms. The third kappa shape index (κ3) is 1.66. The number of benzene rings is 1. The SMILES string of the molecule is ClCc1ccc2c(c1)Nc1ncccc1S2. The first-order chi connectivity index (χ1) is 7.86. The van der Waals surface area contributed by atoms with Crippen molar-refractivity contribution in [2.45, 2.75) is 15.7 Å². The molecule has 1 N–H and O–H groups in total. The molecule has 0 bridgehead atoms. The van der Waals surface area contributed by atoms with Crippen molar-refractivity contribution in [3.63, 3.8) is 0 Å². The van der Waals surface area contributed by atoms with Crippen molar-refractivity contribution in [1.29, 1.82) is 0 Å². The smallest absolute Gasteiger partial charge is 0.144 e. The Kier molecular flexibility index (Phi) is 2.50. The normalized spacial score (nSPS) is 12.6. The molecular weight excluding hydrogens is 240 g/mol. The van der Waals surface area contributed by atoms with Crippen LogP contribution in [0, 0.1) is 0 Å². The number of hydrogen-bond donors (Lipinski definition) is 1. The average molecular weight is 249 g/mol. The highest BCUT2D eigenvalue weighted by atomic mass is 35.5. The van der Waals surface area contributed by atoms with E-state index in [4.69, 9.17) is 11.6 Å². The van der Waals surface area contributed by atoms with Gasteiger partial charge in [-0.05, 0) is 29.8 Å². The zero-order valence-electron chi connectivity index (χ0n) is 8.40. The van der Waals surface area contributed by atoms with E-state index in [2.05, 4.69) is 34.6 Å². The highest BCUT2D eigenvalue weighted by Gasteiger charge is 2.15. The van der Waals surface area contributed by atoms with Crippen LogP contribution in [0.2, 0.25) is 0 Å². The maximum atomic E-state index is 5.82. The Morgan fingerprint density at radius 1 is 1.25 bits per heavy atom. The zero-order valence-corrected chi connectivity index (χ0v) is 9.98. The minimum Gasteiger partial charge on any atom is -0.338 e. The van der Waals surface area contributed by atoms with Crippen molar-refractivity contribution in [2.75, 3.05) is 5.32 Å². The lowest BCUT2D eigenvalue weighted by atomic mass is 10.2. The lowest BCUT2D eigenvalue weighted by Gasteiger charge is -2.19. The van der Waals surface area contributed by atoms with Crippen LogP contribution in [0.15, 0.2) is 46.3 Å². The minimum atomic E-state index is 0.536. The van der Waals surface area contributed by atoms with E-state index in [1.54, 1.807) is 18.0 Å². The number of fused-ring (bicyclic) bond motifs is 2. The molecule has 2 aromatic rings. The van der Waals surface area contributed by atoms with Gasteiger partial charge in [-0.3, -0.25) is 0 Å². The molecule has 0 fully saturated rings. The monoisotopic (exact) mass is 248 g/mol. The molecule has 3 rings (SSSR count). The second-order valence-electron chi connectivity index (χ2n) is 3.54. The molecule has 0 saturated carbocycles. The van der Waals surface area contributed by atoms with Gasteiger partial charge in [-0.15, -0.1) is 11.6 Å². The molecule has 1 aliphatic rings. The summed E-state index contributed by atoms with van der Waals surface area (Å²) >= 11 is 7.55. The van der Waals surface area contributed by atoms with Gasteiger partial charge < -0.3 is 5.32 Å². The third-order valence-electron chi connectivity index (χ3n) is 2.44. The number of anilines is 2. The Morgan fingerprint density at radius 2 is 2.19 bits per heavy atom. The molecule has 0 radical (unpaired) electrons. The van der Waals surface area contributed by atoms with Crippen LogP contribution in [-0.2, 0) is 5.88 Å². The largest absolute Gasteiger partial charge is 0.338 e. The molecule has 1 aromatic carbocycles. The molecular formula is C12H9ClN2S. The molecule has 0 saturated heterocycles. The van der Waals surface area contributed by atoms with Gasteiger partial charge in [0.1, 0.15) is 5.82 Å². The van der Waals surface area contributed by atoms with Crippen LogP contribution in [0.4, 0.5) is 11.5 Å². The van der Waals surface area contributed by atoms with Gasteiger partial charge in [-0.25, -0.2) is 4.98 Å². The number of hydrogen-bond acceptors (Lipinski definition) is 3. The second-order valence-corrected chi connectivity index (χ2v) is 4.89. The van der Waals surface area contributed by atoms with Crippen molar-refractivity contribution >= 4 is 34.9 Å². The zero-order chi connectivity index (χ0) is 11.0. The predicted molar refractivity (Wildman–Crippen MR) is 67.6 cm³/mol. The fourth-order valence-electron chi connectivity index (χ4n) is 1.66. The van der Waals surface area contributed by atoms with Crippen LogP contribution >= 0.6 is 23.4 Å². The summed E-state index contributed by atoms with van der Waals surface area (Å²) in [7, 11) is 0. The van der Waals surface area contributed by atoms with E-state index in [9.17, 15) is 0 Å². The fourth-order valence-corrected chi connectivity index (χ4v) is 2.77. The van der Waals surface area contributed by atoms with E-state index in [0.717, 1.165) is 22.0 Å². The summed E-state index contributed by atoms with van der Waals surface area (Å²) in [6.07, 6.45) is 1.79. The van der Waals surface area contributed by atoms with Gasteiger partial charge in [0, 0.05) is 17.0 Å². The summed E-state index contributed by atoms with van der Waals surface area (Å²) in [5.41, 5.74) is 2.21. The first-order valence-corrected chi connectivity index (χ1v) is 6.31. The van der Waals surface area contributed by atoms with Gasteiger partial charge >= 0.3 is 0 Å². The summed E-state index contributed by atoms with van der Waals surface area (Å²) < 4.78 is 0. The molecule has 1 aliphatic heterocycles. The van der Waals surface area contributed by atoms with Crippen molar-refractivity contribution in [1.82, 2.24) is 4.98 Å². The Hall–Kier alpha value is -1.19. The van der Waals surface area contributed by atoms with Crippen LogP contribution < -0.4 is 5.32 Å². The first kappa shape index (κ1) is 10.00. The molecule has 0 spiro atoms. The molecule has 16 heavy (non-hydrogen) atoms. The van der Waals surface area contributed by atoms with Gasteiger partial charge in [0.25, 0.3) is 0 Å². The number of pyridine rings is 1. The van der Waals surface area contributed by atoms with Crippen LogP contribution in [0.25, 0.3) is 0 Å². The maximum absolute atomic E-state index is 5.82. The van der Waals surface area contributed by atoms with Crippen LogP contribution in [-0.4, -0.2) is 4.98 Å². The van der Waals surface area contributed by atoms with Gasteiger partial charge in [-0.1, -0.05) is 17.8 Å². The topological polar surface area (TPSA) is 24.9 Å². The standard InChI is InChI=1S/C12H9ClN2S/c13-7-8-3-4-10-9(6-8)15-12-11(16-10)2-1-5-14-12/h1-6H,7H2,(H,14,15). The van der Waals surface area contributed by atoms with Gasteiger partial charge in [-0.2, -0.15) is 0 Å². The van der Waals surface area contributed by atoms with Crippen LogP contribution in [0.3, 0.4) is 0 Å². The van der Waals surface area contributed by atoms with Crippen molar-refractivity contribution in [3.8, 4) is 0 Å². The van der Waals surface area contributed by atoms with E-state index >= 15 is 0 Å². The summed E-state index contributed by atoms with van der Waals surface area (Å²) in [4.78, 5) is 6.69. The Balaban J connectivity index is 2.05. The molecule has 2 heterocycles. The Morgan fingerprint density at radius 3 is 3.06 bits per heavy atom. The molecule has 2 nitrogen and oxygen atoms in total. The summed E-state index contributed by atoms with van der Waals surface area (Å²) in [5, 5.41) is 3.32. The fraction of sp³-hybridized carbons (Fsp3) is 0.0833. The Bertz CT molecular complexity index is 542. The van der Waals surface area contributed by atoms with E-state index in [0.29, 0.717) is 5.88 Å². The van der Waals surface area contributed by atoms with Crippen LogP contribution in [0.5, 0.6) is 0 Å². The van der Waals surface area contributed by atoms with E-state index in [1.165, 1.54) is 4.90 Å². The second kappa shape index (κ2) is 4.00. The molecule has 0 atom stereocenters. The number of alkyl halides is 1. The summed E-state index contributed by atoms with van der Waals surface area (Å²) in [6.45, 7) is 0. The van der Waals surface area contributed by atoms with Crippen molar-refractivity contribution in [3.05, 3.63) is 42.1 Å². The molecule has 0 amide bonds. The van der Waals surface area contributed by atoms with E-state index < -0.39 is 0 Å². The van der Waals surface area contributed by atoms with Crippen LogP contribution in [0.1, 0.15) is 5.56 Å². The lowest BCUT2D eigenvalue weighted by molar-refractivity contribution is 1.19. The number of nitrogens with one attached hydrogen (secondary N) is 1. The number of halogens is 1. The Labute approximate surface area is 103 Å². The van der Waals surface area contributed by atoms with E-state index in [-0.39, 0.29) is 0 Å². The quantitative estimate of drug-likeness (QED) is 0.658. The number of rotatable bonds is 1. The maximum Gasteiger partial charge on any atom is 0.144 e. The molecule has 80 valence electrons. The third-order valence-corrected chi connectivity index (χ3v) is 3.88. The predicted octanol–water partition coefficient (Wildman–Crippen LogP) is 4.03. The average Bonchev–Trinajstić information content (AvgIpc) is 2.35. The highest BCUT2D eigenvalue weighted by Crippen LogP contribution is 2.43. The number of nitrogens with zero attached hydrogens (tertiary/aromatic N) is 1. The van der Waals surface area contributed by atoms with Gasteiger partial charge in [0.15, 0.2) is 0 Å².